The van der Waals surface area contributed by atoms with Crippen LogP contribution in [0.5, 0.6) is 0 Å². The van der Waals surface area contributed by atoms with Crippen molar-refractivity contribution in [2.75, 3.05) is 6.54 Å². The SMILES string of the molecule is CC(=O)O[C@@H]1[C@@H](OC(=O)OC(C)(C)C)CN(C(=O)OC(C)(C)C)[C@@H]1Cc1ccc(F)cc1. The summed E-state index contributed by atoms with van der Waals surface area (Å²) in [6.07, 6.45) is -3.28. The fourth-order valence-corrected chi connectivity index (χ4v) is 3.33. The molecule has 1 saturated heterocycles. The summed E-state index contributed by atoms with van der Waals surface area (Å²) >= 11 is 0. The maximum absolute atomic E-state index is 13.4. The van der Waals surface area contributed by atoms with Crippen molar-refractivity contribution in [2.24, 2.45) is 0 Å². The lowest BCUT2D eigenvalue weighted by Gasteiger charge is -2.30. The molecule has 0 unspecified atom stereocenters. The van der Waals surface area contributed by atoms with Gasteiger partial charge in [0.25, 0.3) is 0 Å². The number of amides is 1. The highest BCUT2D eigenvalue weighted by atomic mass is 19.1. The molecule has 0 bridgehead atoms. The van der Waals surface area contributed by atoms with Crippen LogP contribution in [0.2, 0.25) is 0 Å². The number of carbonyl (C=O) groups is 3. The van der Waals surface area contributed by atoms with E-state index in [1.807, 2.05) is 0 Å². The van der Waals surface area contributed by atoms with Crippen LogP contribution >= 0.6 is 0 Å². The number of hydrogen-bond acceptors (Lipinski definition) is 7. The van der Waals surface area contributed by atoms with Gasteiger partial charge in [0.15, 0.2) is 12.2 Å². The number of benzene rings is 1. The molecule has 1 amide bonds. The van der Waals surface area contributed by atoms with Crippen LogP contribution in [0.1, 0.15) is 54.0 Å². The highest BCUT2D eigenvalue weighted by Crippen LogP contribution is 2.30. The lowest BCUT2D eigenvalue weighted by atomic mass is 10.0. The molecule has 1 heterocycles. The Labute approximate surface area is 187 Å². The summed E-state index contributed by atoms with van der Waals surface area (Å²) in [5, 5.41) is 0. The van der Waals surface area contributed by atoms with E-state index in [4.69, 9.17) is 18.9 Å². The average molecular weight is 454 g/mol. The van der Waals surface area contributed by atoms with E-state index >= 15 is 0 Å². The minimum absolute atomic E-state index is 0.0576. The summed E-state index contributed by atoms with van der Waals surface area (Å²) in [7, 11) is 0. The third kappa shape index (κ3) is 7.69. The predicted molar refractivity (Wildman–Crippen MR) is 113 cm³/mol. The van der Waals surface area contributed by atoms with Crippen LogP contribution in [0.25, 0.3) is 0 Å². The first-order valence-corrected chi connectivity index (χ1v) is 10.5. The molecule has 0 radical (unpaired) electrons. The van der Waals surface area contributed by atoms with Crippen molar-refractivity contribution in [3.8, 4) is 0 Å². The molecule has 1 aliphatic heterocycles. The molecular formula is C23H32FNO7. The zero-order valence-electron chi connectivity index (χ0n) is 19.6. The van der Waals surface area contributed by atoms with Gasteiger partial charge in [-0.15, -0.1) is 0 Å². The smallest absolute Gasteiger partial charge is 0.456 e. The molecule has 3 atom stereocenters. The molecule has 178 valence electrons. The third-order valence-electron chi connectivity index (χ3n) is 4.45. The highest BCUT2D eigenvalue weighted by molar-refractivity contribution is 5.71. The molecule has 8 nitrogen and oxygen atoms in total. The lowest BCUT2D eigenvalue weighted by Crippen LogP contribution is -2.45. The third-order valence-corrected chi connectivity index (χ3v) is 4.45. The quantitative estimate of drug-likeness (QED) is 0.497. The van der Waals surface area contributed by atoms with Crippen molar-refractivity contribution in [1.82, 2.24) is 4.90 Å². The van der Waals surface area contributed by atoms with Gasteiger partial charge in [-0.1, -0.05) is 12.1 Å². The van der Waals surface area contributed by atoms with Crippen molar-refractivity contribution in [2.45, 2.75) is 84.3 Å². The van der Waals surface area contributed by atoms with Crippen LogP contribution in [-0.2, 0) is 30.2 Å². The first-order valence-electron chi connectivity index (χ1n) is 10.5. The number of carbonyl (C=O) groups excluding carboxylic acids is 3. The Kier molecular flexibility index (Phi) is 7.74. The Morgan fingerprint density at radius 3 is 2.03 bits per heavy atom. The van der Waals surface area contributed by atoms with Gasteiger partial charge in [-0.3, -0.25) is 9.69 Å². The second-order valence-corrected chi connectivity index (χ2v) is 9.73. The first-order chi connectivity index (χ1) is 14.6. The Hall–Kier alpha value is -2.84. The van der Waals surface area contributed by atoms with Gasteiger partial charge in [0, 0.05) is 6.92 Å². The number of halogens is 1. The molecule has 9 heteroatoms. The summed E-state index contributed by atoms with van der Waals surface area (Å²) in [5.41, 5.74) is -0.844. The van der Waals surface area contributed by atoms with Gasteiger partial charge in [0.05, 0.1) is 12.6 Å². The minimum Gasteiger partial charge on any atom is -0.456 e. The van der Waals surface area contributed by atoms with Crippen LogP contribution in [0.4, 0.5) is 14.0 Å². The van der Waals surface area contributed by atoms with Crippen LogP contribution < -0.4 is 0 Å². The molecule has 1 aromatic carbocycles. The number of hydrogen-bond donors (Lipinski definition) is 0. The van der Waals surface area contributed by atoms with Crippen molar-refractivity contribution in [3.63, 3.8) is 0 Å². The van der Waals surface area contributed by atoms with Gasteiger partial charge in [0.1, 0.15) is 17.0 Å². The normalized spacial score (nSPS) is 21.1. The summed E-state index contributed by atoms with van der Waals surface area (Å²) in [6.45, 7) is 11.4. The summed E-state index contributed by atoms with van der Waals surface area (Å²) < 4.78 is 35.0. The number of nitrogens with zero attached hydrogens (tertiary/aromatic N) is 1. The second-order valence-electron chi connectivity index (χ2n) is 9.73. The monoisotopic (exact) mass is 453 g/mol. The van der Waals surface area contributed by atoms with E-state index in [9.17, 15) is 18.8 Å². The van der Waals surface area contributed by atoms with Gasteiger partial charge in [-0.2, -0.15) is 0 Å². The van der Waals surface area contributed by atoms with E-state index in [0.29, 0.717) is 5.56 Å². The summed E-state index contributed by atoms with van der Waals surface area (Å²) in [6, 6.07) is 5.06. The van der Waals surface area contributed by atoms with Gasteiger partial charge in [-0.05, 0) is 65.7 Å². The van der Waals surface area contributed by atoms with E-state index in [1.165, 1.54) is 24.0 Å². The lowest BCUT2D eigenvalue weighted by molar-refractivity contribution is -0.153. The second kappa shape index (κ2) is 9.75. The number of likely N-dealkylation sites (tertiary alicyclic amines) is 1. The van der Waals surface area contributed by atoms with E-state index in [0.717, 1.165) is 0 Å². The topological polar surface area (TPSA) is 91.4 Å². The van der Waals surface area contributed by atoms with Crippen molar-refractivity contribution >= 4 is 18.2 Å². The van der Waals surface area contributed by atoms with E-state index in [1.54, 1.807) is 53.7 Å². The molecule has 32 heavy (non-hydrogen) atoms. The maximum atomic E-state index is 13.4. The average Bonchev–Trinajstić information content (AvgIpc) is 2.91. The molecule has 0 N–H and O–H groups in total. The number of rotatable bonds is 4. The largest absolute Gasteiger partial charge is 0.509 e. The van der Waals surface area contributed by atoms with Crippen molar-refractivity contribution in [3.05, 3.63) is 35.6 Å². The van der Waals surface area contributed by atoms with Gasteiger partial charge in [0.2, 0.25) is 0 Å². The molecule has 0 aromatic heterocycles. The van der Waals surface area contributed by atoms with Gasteiger partial charge < -0.3 is 18.9 Å². The van der Waals surface area contributed by atoms with E-state index in [2.05, 4.69) is 0 Å². The van der Waals surface area contributed by atoms with Crippen LogP contribution in [-0.4, -0.2) is 59.1 Å². The molecule has 0 aliphatic carbocycles. The Balaban J connectivity index is 2.35. The predicted octanol–water partition coefficient (Wildman–Crippen LogP) is 4.24. The minimum atomic E-state index is -0.966. The molecule has 0 saturated carbocycles. The Morgan fingerprint density at radius 1 is 0.969 bits per heavy atom. The molecular weight excluding hydrogens is 421 g/mol. The fraction of sp³-hybridized carbons (Fsp3) is 0.609. The van der Waals surface area contributed by atoms with E-state index in [-0.39, 0.29) is 13.0 Å². The fourth-order valence-electron chi connectivity index (χ4n) is 3.33. The van der Waals surface area contributed by atoms with Gasteiger partial charge in [-0.25, -0.2) is 14.0 Å². The zero-order chi connectivity index (χ0) is 24.3. The standard InChI is InChI=1S/C23H32FNO7/c1-14(26)29-19-17(12-15-8-10-16(24)11-9-15)25(20(27)31-22(2,3)4)13-18(19)30-21(28)32-23(5,6)7/h8-11,17-19H,12-13H2,1-7H3/t17-,18+,19+/m1/s1. The van der Waals surface area contributed by atoms with Crippen LogP contribution in [0.3, 0.4) is 0 Å². The molecule has 1 fully saturated rings. The van der Waals surface area contributed by atoms with Crippen molar-refractivity contribution < 1.29 is 37.7 Å². The summed E-state index contributed by atoms with van der Waals surface area (Å²) in [4.78, 5) is 38.4. The van der Waals surface area contributed by atoms with Gasteiger partial charge >= 0.3 is 18.2 Å². The highest BCUT2D eigenvalue weighted by Gasteiger charge is 2.49. The molecule has 1 aliphatic rings. The number of ether oxygens (including phenoxy) is 4. The van der Waals surface area contributed by atoms with Crippen LogP contribution in [0, 0.1) is 5.82 Å². The zero-order valence-corrected chi connectivity index (χ0v) is 19.6. The molecule has 2 rings (SSSR count). The Bertz CT molecular complexity index is 826. The van der Waals surface area contributed by atoms with Crippen LogP contribution in [0.15, 0.2) is 24.3 Å². The molecule has 0 spiro atoms. The Morgan fingerprint density at radius 2 is 1.53 bits per heavy atom. The number of esters is 1. The van der Waals surface area contributed by atoms with Crippen molar-refractivity contribution in [1.29, 1.82) is 0 Å². The summed E-state index contributed by atoms with van der Waals surface area (Å²) in [5.74, 6) is -0.991. The van der Waals surface area contributed by atoms with E-state index < -0.39 is 53.5 Å². The first kappa shape index (κ1) is 25.4. The molecule has 1 aromatic rings. The maximum Gasteiger partial charge on any atom is 0.509 e.